The van der Waals surface area contributed by atoms with E-state index in [1.807, 2.05) is 54.2 Å². The van der Waals surface area contributed by atoms with Gasteiger partial charge in [0.15, 0.2) is 10.9 Å². The van der Waals surface area contributed by atoms with E-state index in [1.54, 1.807) is 23.5 Å². The van der Waals surface area contributed by atoms with Crippen LogP contribution in [-0.4, -0.2) is 34.0 Å². The molecule has 246 valence electrons. The number of fused-ring (bicyclic) bond motifs is 4. The molecule has 8 heteroatoms. The van der Waals surface area contributed by atoms with Crippen molar-refractivity contribution in [3.8, 4) is 0 Å². The van der Waals surface area contributed by atoms with Crippen LogP contribution in [0, 0.1) is 0 Å². The number of aromatic amines is 2. The average molecular weight is 693 g/mol. The summed E-state index contributed by atoms with van der Waals surface area (Å²) in [5, 5.41) is 2.65. The molecule has 0 aliphatic heterocycles. The smallest absolute Gasteiger partial charge is 0.197 e. The number of H-pyrrole nitrogens is 2. The minimum absolute atomic E-state index is 0.00286. The maximum absolute atomic E-state index is 14.2. The molecule has 0 unspecified atom stereocenters. The minimum atomic E-state index is -0.00286. The second-order valence-electron chi connectivity index (χ2n) is 12.2. The second kappa shape index (κ2) is 17.4. The molecule has 3 aromatic carbocycles. The van der Waals surface area contributed by atoms with Crippen LogP contribution < -0.4 is 10.9 Å². The van der Waals surface area contributed by atoms with Crippen LogP contribution in [0.25, 0.3) is 43.6 Å². The number of nitrogens with one attached hydrogen (secondary N) is 2. The maximum atomic E-state index is 14.2. The van der Waals surface area contributed by atoms with E-state index in [0.717, 1.165) is 48.1 Å². The molecule has 2 heterocycles. The first-order valence-electron chi connectivity index (χ1n) is 17.0. The van der Waals surface area contributed by atoms with Gasteiger partial charge in [-0.15, -0.1) is 47.0 Å². The lowest BCUT2D eigenvalue weighted by Crippen LogP contribution is -2.09. The number of aromatic nitrogens is 2. The molecule has 5 aromatic rings. The van der Waals surface area contributed by atoms with E-state index in [-0.39, 0.29) is 10.9 Å². The topological polar surface area (TPSA) is 65.7 Å². The summed E-state index contributed by atoms with van der Waals surface area (Å²) in [6, 6.07) is 12.2. The fourth-order valence-corrected chi connectivity index (χ4v) is 9.45. The summed E-state index contributed by atoms with van der Waals surface area (Å²) in [5.41, 5.74) is 3.17. The van der Waals surface area contributed by atoms with Gasteiger partial charge in [0.25, 0.3) is 0 Å². The molecule has 0 radical (unpaired) electrons. The average Bonchev–Trinajstić information content (AvgIpc) is 3.07. The molecule has 0 atom stereocenters. The summed E-state index contributed by atoms with van der Waals surface area (Å²) in [7, 11) is 0. The molecule has 0 amide bonds. The van der Waals surface area contributed by atoms with Gasteiger partial charge in [0.2, 0.25) is 0 Å². The van der Waals surface area contributed by atoms with Crippen LogP contribution in [0.5, 0.6) is 0 Å². The molecule has 0 spiro atoms. The van der Waals surface area contributed by atoms with Gasteiger partial charge in [0, 0.05) is 41.1 Å². The first kappa shape index (κ1) is 35.3. The third kappa shape index (κ3) is 8.34. The number of pyridine rings is 2. The van der Waals surface area contributed by atoms with E-state index < -0.39 is 0 Å². The third-order valence-corrected chi connectivity index (χ3v) is 12.4. The van der Waals surface area contributed by atoms with Crippen molar-refractivity contribution in [1.29, 1.82) is 0 Å². The summed E-state index contributed by atoms with van der Waals surface area (Å²) in [6.45, 7) is 4.52. The van der Waals surface area contributed by atoms with Gasteiger partial charge >= 0.3 is 0 Å². The van der Waals surface area contributed by atoms with Crippen molar-refractivity contribution in [2.45, 2.75) is 110 Å². The monoisotopic (exact) mass is 692 g/mol. The van der Waals surface area contributed by atoms with E-state index in [4.69, 9.17) is 0 Å². The summed E-state index contributed by atoms with van der Waals surface area (Å²) >= 11 is 7.00. The van der Waals surface area contributed by atoms with Crippen LogP contribution in [0.3, 0.4) is 0 Å². The summed E-state index contributed by atoms with van der Waals surface area (Å²) in [5.74, 6) is 2.10. The normalized spacial score (nSPS) is 11.9. The predicted octanol–water partition coefficient (Wildman–Crippen LogP) is 12.0. The number of benzene rings is 3. The van der Waals surface area contributed by atoms with Crippen LogP contribution in [0.4, 0.5) is 0 Å². The zero-order valence-electron chi connectivity index (χ0n) is 27.8. The molecular weight excluding hydrogens is 645 g/mol. The molecular formula is C38H48N2O2S4. The van der Waals surface area contributed by atoms with Crippen LogP contribution in [0.1, 0.15) is 90.9 Å². The second-order valence-corrected chi connectivity index (χ2v) is 16.2. The highest BCUT2D eigenvalue weighted by Gasteiger charge is 2.16. The maximum Gasteiger partial charge on any atom is 0.197 e. The lowest BCUT2D eigenvalue weighted by molar-refractivity contribution is 0.627. The Hall–Kier alpha value is -2.00. The lowest BCUT2D eigenvalue weighted by atomic mass is 10.1. The number of rotatable bonds is 18. The molecule has 5 rings (SSSR count). The summed E-state index contributed by atoms with van der Waals surface area (Å²) < 4.78 is 0. The van der Waals surface area contributed by atoms with Crippen LogP contribution in [0.2, 0.25) is 0 Å². The van der Waals surface area contributed by atoms with Gasteiger partial charge in [-0.1, -0.05) is 78.1 Å². The molecule has 0 aliphatic rings. The Morgan fingerprint density at radius 3 is 1.52 bits per heavy atom. The fourth-order valence-electron chi connectivity index (χ4n) is 6.15. The standard InChI is InChI=1S/C38H48N2O2S4/c1-5-7-9-11-13-15-17-45-26-20-30-36(34(22-26)46-18-16-14-12-10-8-6-2)40-32-24-27-31(23-28(32)38(30)42)39-35-29(37(27)41)19-25(43-3)21-33(35)44-4/h19-24H,5-18H2,1-4H3,(H,39,41)(H,40,42). The molecule has 4 nitrogen and oxygen atoms in total. The zero-order valence-corrected chi connectivity index (χ0v) is 31.1. The van der Waals surface area contributed by atoms with Crippen LogP contribution in [0.15, 0.2) is 65.6 Å². The molecule has 0 bridgehead atoms. The highest BCUT2D eigenvalue weighted by atomic mass is 32.2. The Balaban J connectivity index is 1.54. The number of unbranched alkanes of at least 4 members (excludes halogenated alkanes) is 10. The summed E-state index contributed by atoms with van der Waals surface area (Å²) in [6.07, 6.45) is 19.4. The van der Waals surface area contributed by atoms with Gasteiger partial charge in [-0.2, -0.15) is 0 Å². The van der Waals surface area contributed by atoms with Gasteiger partial charge < -0.3 is 9.97 Å². The van der Waals surface area contributed by atoms with Crippen molar-refractivity contribution in [3.63, 3.8) is 0 Å². The molecule has 2 aromatic heterocycles. The fraction of sp³-hybridized carbons (Fsp3) is 0.474. The Kier molecular flexibility index (Phi) is 13.4. The number of hydrogen-bond donors (Lipinski definition) is 2. The molecule has 0 fully saturated rings. The molecule has 0 aliphatic carbocycles. The zero-order chi connectivity index (χ0) is 32.5. The molecule has 46 heavy (non-hydrogen) atoms. The third-order valence-electron chi connectivity index (χ3n) is 8.78. The van der Waals surface area contributed by atoms with Crippen LogP contribution in [-0.2, 0) is 0 Å². The summed E-state index contributed by atoms with van der Waals surface area (Å²) in [4.78, 5) is 39.6. The minimum Gasteiger partial charge on any atom is -0.353 e. The largest absolute Gasteiger partial charge is 0.353 e. The van der Waals surface area contributed by atoms with Crippen molar-refractivity contribution in [2.75, 3.05) is 24.0 Å². The van der Waals surface area contributed by atoms with Gasteiger partial charge in [-0.25, -0.2) is 0 Å². The van der Waals surface area contributed by atoms with Crippen molar-refractivity contribution in [2.24, 2.45) is 0 Å². The SMILES string of the molecule is CCCCCCCCSc1cc(SCCCCCCCC)c2[nH]c3cc4c(=O)c5cc(SC)cc(SC)c5[nH]c4cc3c(=O)c2c1. The number of thioether (sulfide) groups is 4. The van der Waals surface area contributed by atoms with Crippen molar-refractivity contribution in [1.82, 2.24) is 9.97 Å². The Bertz CT molecular complexity index is 1910. The van der Waals surface area contributed by atoms with E-state index in [2.05, 4.69) is 42.0 Å². The van der Waals surface area contributed by atoms with Gasteiger partial charge in [0.05, 0.1) is 22.1 Å². The van der Waals surface area contributed by atoms with E-state index in [1.165, 1.54) is 81.9 Å². The highest BCUT2D eigenvalue weighted by Crippen LogP contribution is 2.35. The van der Waals surface area contributed by atoms with Crippen molar-refractivity contribution in [3.05, 3.63) is 56.8 Å². The quantitative estimate of drug-likeness (QED) is 0.0541. The van der Waals surface area contributed by atoms with Crippen LogP contribution >= 0.6 is 47.0 Å². The highest BCUT2D eigenvalue weighted by molar-refractivity contribution is 8.00. The first-order valence-corrected chi connectivity index (χ1v) is 21.4. The Morgan fingerprint density at radius 1 is 0.500 bits per heavy atom. The van der Waals surface area contributed by atoms with E-state index in [0.29, 0.717) is 21.7 Å². The van der Waals surface area contributed by atoms with Gasteiger partial charge in [0.1, 0.15) is 0 Å². The van der Waals surface area contributed by atoms with E-state index in [9.17, 15) is 9.59 Å². The molecule has 0 saturated carbocycles. The Morgan fingerprint density at radius 2 is 0.978 bits per heavy atom. The first-order chi connectivity index (χ1) is 22.5. The van der Waals surface area contributed by atoms with Gasteiger partial charge in [-0.3, -0.25) is 9.59 Å². The number of hydrogen-bond acceptors (Lipinski definition) is 6. The predicted molar refractivity (Wildman–Crippen MR) is 209 cm³/mol. The van der Waals surface area contributed by atoms with E-state index >= 15 is 0 Å². The van der Waals surface area contributed by atoms with Gasteiger partial charge in [-0.05, 0) is 73.3 Å². The lowest BCUT2D eigenvalue weighted by Gasteiger charge is -2.13. The van der Waals surface area contributed by atoms with Crippen molar-refractivity contribution < 1.29 is 0 Å². The molecule has 2 N–H and O–H groups in total. The molecule has 0 saturated heterocycles. The van der Waals surface area contributed by atoms with Crippen molar-refractivity contribution >= 4 is 90.7 Å². The Labute approximate surface area is 290 Å².